The average Bonchev–Trinajstić information content (AvgIpc) is 3.07. The van der Waals surface area contributed by atoms with E-state index in [1.54, 1.807) is 23.0 Å². The number of nitrogens with zero attached hydrogens (tertiary/aromatic N) is 3. The predicted octanol–water partition coefficient (Wildman–Crippen LogP) is 3.57. The summed E-state index contributed by atoms with van der Waals surface area (Å²) in [6.45, 7) is 0.408. The highest BCUT2D eigenvalue weighted by Crippen LogP contribution is 2.24. The molecule has 2 heterocycles. The Labute approximate surface area is 147 Å². The molecule has 6 nitrogen and oxygen atoms in total. The number of amides is 1. The summed E-state index contributed by atoms with van der Waals surface area (Å²) in [6.07, 6.45) is 3.19. The Morgan fingerprint density at radius 1 is 1.39 bits per heavy atom. The molecule has 0 atom stereocenters. The normalized spacial score (nSPS) is 10.7. The number of halogens is 3. The van der Waals surface area contributed by atoms with Gasteiger partial charge in [0.2, 0.25) is 0 Å². The standard InChI is InChI=1S/C14H10Br2FN5O/c15-11-12(20-21-13(11)16)14(23)19-10-5-18-22(7-10)6-8-2-1-3-9(17)4-8/h1-5,7H,6H2,(H,19,23)(H,20,21). The molecule has 0 saturated heterocycles. The first kappa shape index (κ1) is 15.9. The van der Waals surface area contributed by atoms with Gasteiger partial charge in [-0.25, -0.2) is 4.39 Å². The van der Waals surface area contributed by atoms with Crippen LogP contribution in [0.1, 0.15) is 16.1 Å². The topological polar surface area (TPSA) is 75.6 Å². The maximum absolute atomic E-state index is 13.2. The fourth-order valence-electron chi connectivity index (χ4n) is 1.98. The number of nitrogens with one attached hydrogen (secondary N) is 2. The van der Waals surface area contributed by atoms with Gasteiger partial charge < -0.3 is 5.32 Å². The molecule has 0 aliphatic heterocycles. The van der Waals surface area contributed by atoms with Gasteiger partial charge in [-0.2, -0.15) is 10.2 Å². The fraction of sp³-hybridized carbons (Fsp3) is 0.0714. The van der Waals surface area contributed by atoms with Crippen molar-refractivity contribution in [3.63, 3.8) is 0 Å². The lowest BCUT2D eigenvalue weighted by Crippen LogP contribution is -2.12. The second-order valence-corrected chi connectivity index (χ2v) is 6.30. The maximum Gasteiger partial charge on any atom is 0.277 e. The van der Waals surface area contributed by atoms with Gasteiger partial charge in [0.15, 0.2) is 5.69 Å². The third-order valence-corrected chi connectivity index (χ3v) is 4.88. The zero-order valence-corrected chi connectivity index (χ0v) is 14.7. The summed E-state index contributed by atoms with van der Waals surface area (Å²) in [5, 5.41) is 13.4. The van der Waals surface area contributed by atoms with E-state index >= 15 is 0 Å². The average molecular weight is 443 g/mol. The van der Waals surface area contributed by atoms with Crippen molar-refractivity contribution in [3.8, 4) is 0 Å². The third-order valence-electron chi connectivity index (χ3n) is 3.01. The van der Waals surface area contributed by atoms with Crippen LogP contribution in [0.15, 0.2) is 45.7 Å². The Kier molecular flexibility index (Phi) is 4.58. The van der Waals surface area contributed by atoms with Crippen molar-refractivity contribution in [2.75, 3.05) is 5.32 Å². The number of H-pyrrole nitrogens is 1. The van der Waals surface area contributed by atoms with Crippen LogP contribution in [-0.4, -0.2) is 25.9 Å². The summed E-state index contributed by atoms with van der Waals surface area (Å²) in [6, 6.07) is 6.28. The van der Waals surface area contributed by atoms with E-state index in [0.29, 0.717) is 21.3 Å². The lowest BCUT2D eigenvalue weighted by Gasteiger charge is -2.02. The summed E-state index contributed by atoms with van der Waals surface area (Å²) < 4.78 is 15.9. The summed E-state index contributed by atoms with van der Waals surface area (Å²) >= 11 is 6.49. The molecule has 0 bridgehead atoms. The van der Waals surface area contributed by atoms with Crippen LogP contribution < -0.4 is 5.32 Å². The second kappa shape index (κ2) is 6.63. The van der Waals surface area contributed by atoms with Crippen molar-refractivity contribution in [3.05, 3.63) is 62.8 Å². The van der Waals surface area contributed by atoms with Gasteiger partial charge in [0.05, 0.1) is 22.9 Å². The Morgan fingerprint density at radius 2 is 2.22 bits per heavy atom. The molecular weight excluding hydrogens is 433 g/mol. The smallest absolute Gasteiger partial charge is 0.277 e. The van der Waals surface area contributed by atoms with Crippen LogP contribution in [0.25, 0.3) is 0 Å². The van der Waals surface area contributed by atoms with E-state index < -0.39 is 0 Å². The quantitative estimate of drug-likeness (QED) is 0.648. The van der Waals surface area contributed by atoms with Crippen LogP contribution in [0.4, 0.5) is 10.1 Å². The molecule has 3 aromatic rings. The Morgan fingerprint density at radius 3 is 2.91 bits per heavy atom. The lowest BCUT2D eigenvalue weighted by atomic mass is 10.2. The van der Waals surface area contributed by atoms with Crippen LogP contribution in [0.3, 0.4) is 0 Å². The molecule has 1 aromatic carbocycles. The molecule has 118 valence electrons. The van der Waals surface area contributed by atoms with Gasteiger partial charge >= 0.3 is 0 Å². The first-order valence-corrected chi connectivity index (χ1v) is 8.09. The minimum Gasteiger partial charge on any atom is -0.318 e. The van der Waals surface area contributed by atoms with Crippen molar-refractivity contribution >= 4 is 43.5 Å². The van der Waals surface area contributed by atoms with Crippen LogP contribution in [0, 0.1) is 5.82 Å². The van der Waals surface area contributed by atoms with E-state index in [-0.39, 0.29) is 17.4 Å². The van der Waals surface area contributed by atoms with E-state index in [2.05, 4.69) is 52.5 Å². The summed E-state index contributed by atoms with van der Waals surface area (Å²) in [7, 11) is 0. The number of hydrogen-bond acceptors (Lipinski definition) is 3. The first-order chi connectivity index (χ1) is 11.0. The number of carbonyl (C=O) groups is 1. The van der Waals surface area contributed by atoms with Gasteiger partial charge in [-0.05, 0) is 49.6 Å². The number of anilines is 1. The number of benzene rings is 1. The minimum absolute atomic E-state index is 0.231. The van der Waals surface area contributed by atoms with E-state index in [1.807, 2.05) is 0 Å². The molecule has 23 heavy (non-hydrogen) atoms. The molecular formula is C14H10Br2FN5O. The van der Waals surface area contributed by atoms with Gasteiger partial charge in [-0.1, -0.05) is 12.1 Å². The van der Waals surface area contributed by atoms with Gasteiger partial charge in [0.1, 0.15) is 10.4 Å². The van der Waals surface area contributed by atoms with Crippen molar-refractivity contribution in [2.24, 2.45) is 0 Å². The molecule has 2 aromatic heterocycles. The van der Waals surface area contributed by atoms with Crippen LogP contribution in [0.5, 0.6) is 0 Å². The number of hydrogen-bond donors (Lipinski definition) is 2. The molecule has 9 heteroatoms. The highest BCUT2D eigenvalue weighted by Gasteiger charge is 2.17. The number of aromatic amines is 1. The summed E-state index contributed by atoms with van der Waals surface area (Å²) in [4.78, 5) is 12.1. The zero-order valence-electron chi connectivity index (χ0n) is 11.6. The molecule has 0 aliphatic rings. The molecule has 0 radical (unpaired) electrons. The van der Waals surface area contributed by atoms with Crippen molar-refractivity contribution in [1.29, 1.82) is 0 Å². The van der Waals surface area contributed by atoms with Gasteiger partial charge in [-0.15, -0.1) is 0 Å². The van der Waals surface area contributed by atoms with Crippen molar-refractivity contribution in [1.82, 2.24) is 20.0 Å². The largest absolute Gasteiger partial charge is 0.318 e. The van der Waals surface area contributed by atoms with Crippen LogP contribution in [0.2, 0.25) is 0 Å². The number of rotatable bonds is 4. The van der Waals surface area contributed by atoms with Gasteiger partial charge in [-0.3, -0.25) is 14.6 Å². The molecule has 0 aliphatic carbocycles. The van der Waals surface area contributed by atoms with Gasteiger partial charge in [0, 0.05) is 6.20 Å². The highest BCUT2D eigenvalue weighted by molar-refractivity contribution is 9.13. The third kappa shape index (κ3) is 3.67. The van der Waals surface area contributed by atoms with Gasteiger partial charge in [0.25, 0.3) is 5.91 Å². The highest BCUT2D eigenvalue weighted by atomic mass is 79.9. The van der Waals surface area contributed by atoms with E-state index in [4.69, 9.17) is 0 Å². The molecule has 3 rings (SSSR count). The fourth-order valence-corrected chi connectivity index (χ4v) is 2.62. The van der Waals surface area contributed by atoms with E-state index in [1.165, 1.54) is 18.3 Å². The van der Waals surface area contributed by atoms with E-state index in [0.717, 1.165) is 5.56 Å². The lowest BCUT2D eigenvalue weighted by molar-refractivity contribution is 0.102. The van der Waals surface area contributed by atoms with Crippen LogP contribution in [-0.2, 0) is 6.54 Å². The molecule has 0 spiro atoms. The maximum atomic E-state index is 13.2. The molecule has 2 N–H and O–H groups in total. The zero-order chi connectivity index (χ0) is 16.4. The van der Waals surface area contributed by atoms with Crippen molar-refractivity contribution in [2.45, 2.75) is 6.54 Å². The number of aromatic nitrogens is 4. The number of carbonyl (C=O) groups excluding carboxylic acids is 1. The molecule has 0 fully saturated rings. The molecule has 1 amide bonds. The monoisotopic (exact) mass is 441 g/mol. The molecule has 0 saturated carbocycles. The molecule has 0 unspecified atom stereocenters. The summed E-state index contributed by atoms with van der Waals surface area (Å²) in [5.41, 5.74) is 1.54. The Bertz CT molecular complexity index is 860. The minimum atomic E-state index is -0.371. The Balaban J connectivity index is 1.70. The van der Waals surface area contributed by atoms with E-state index in [9.17, 15) is 9.18 Å². The Hall–Kier alpha value is -2.00. The van der Waals surface area contributed by atoms with Crippen molar-refractivity contribution < 1.29 is 9.18 Å². The van der Waals surface area contributed by atoms with Crippen LogP contribution >= 0.6 is 31.9 Å². The predicted molar refractivity (Wildman–Crippen MR) is 89.7 cm³/mol. The SMILES string of the molecule is O=C(Nc1cnn(Cc2cccc(F)c2)c1)c1n[nH]c(Br)c1Br. The summed E-state index contributed by atoms with van der Waals surface area (Å²) in [5.74, 6) is -0.665. The second-order valence-electron chi connectivity index (χ2n) is 4.71. The first-order valence-electron chi connectivity index (χ1n) is 6.50.